The van der Waals surface area contributed by atoms with E-state index in [4.69, 9.17) is 0 Å². The van der Waals surface area contributed by atoms with Gasteiger partial charge in [0.25, 0.3) is 0 Å². The Labute approximate surface area is 182 Å². The first-order chi connectivity index (χ1) is 14.5. The molecule has 0 radical (unpaired) electrons. The molecule has 1 aromatic heterocycles. The van der Waals surface area contributed by atoms with Crippen molar-refractivity contribution in [3.63, 3.8) is 0 Å². The number of hydrogen-bond donors (Lipinski definition) is 0. The summed E-state index contributed by atoms with van der Waals surface area (Å²) in [5, 5.41) is 2.78. The van der Waals surface area contributed by atoms with Crippen molar-refractivity contribution in [1.82, 2.24) is 0 Å². The van der Waals surface area contributed by atoms with Crippen LogP contribution in [0.15, 0.2) is 36.4 Å². The maximum absolute atomic E-state index is 2.57. The van der Waals surface area contributed by atoms with Gasteiger partial charge in [0.05, 0.1) is 10.9 Å². The molecular weight excluding hydrogens is 362 g/mol. The standard InChI is InChI=1S/C29H36N/c1-6-20(7-2)23-12-13-25-24(16-23)15-19(4)30(5)29(25)26-17-28-22-10-8-21(9-11-22)27(28)14-18(26)3/h12-17,20-22H,6-11H2,1-5H3/q+1. The highest BCUT2D eigenvalue weighted by molar-refractivity contribution is 5.94. The number of hydrogen-bond acceptors (Lipinski definition) is 0. The molecule has 1 fully saturated rings. The average molecular weight is 399 g/mol. The predicted molar refractivity (Wildman–Crippen MR) is 127 cm³/mol. The van der Waals surface area contributed by atoms with Crippen molar-refractivity contribution in [3.05, 3.63) is 64.3 Å². The molecule has 1 nitrogen and oxygen atoms in total. The summed E-state index contributed by atoms with van der Waals surface area (Å²) in [7, 11) is 2.24. The number of rotatable bonds is 4. The topological polar surface area (TPSA) is 3.88 Å². The van der Waals surface area contributed by atoms with Gasteiger partial charge in [0.2, 0.25) is 5.69 Å². The smallest absolute Gasteiger partial charge is 0.198 e. The zero-order valence-corrected chi connectivity index (χ0v) is 19.4. The summed E-state index contributed by atoms with van der Waals surface area (Å²) >= 11 is 0. The Hall–Kier alpha value is -2.15. The van der Waals surface area contributed by atoms with E-state index in [-0.39, 0.29) is 0 Å². The van der Waals surface area contributed by atoms with E-state index in [2.05, 4.69) is 75.7 Å². The highest BCUT2D eigenvalue weighted by atomic mass is 14.9. The minimum atomic E-state index is 0.660. The molecule has 0 amide bonds. The molecule has 3 aromatic rings. The van der Waals surface area contributed by atoms with Crippen LogP contribution < -0.4 is 4.57 Å². The van der Waals surface area contributed by atoms with E-state index >= 15 is 0 Å². The van der Waals surface area contributed by atoms with Crippen molar-refractivity contribution < 1.29 is 4.57 Å². The molecule has 30 heavy (non-hydrogen) atoms. The van der Waals surface area contributed by atoms with Crippen molar-refractivity contribution in [3.8, 4) is 11.3 Å². The maximum atomic E-state index is 2.57. The lowest BCUT2D eigenvalue weighted by atomic mass is 9.66. The van der Waals surface area contributed by atoms with Gasteiger partial charge in [0.15, 0.2) is 5.69 Å². The minimum absolute atomic E-state index is 0.660. The summed E-state index contributed by atoms with van der Waals surface area (Å²) < 4.78 is 2.41. The fraction of sp³-hybridized carbons (Fsp3) is 0.483. The average Bonchev–Trinajstić information content (AvgIpc) is 2.76. The zero-order valence-electron chi connectivity index (χ0n) is 19.4. The molecule has 3 aliphatic rings. The van der Waals surface area contributed by atoms with Gasteiger partial charge in [0, 0.05) is 13.0 Å². The van der Waals surface area contributed by atoms with E-state index in [1.54, 1.807) is 11.1 Å². The molecule has 2 bridgehead atoms. The molecule has 0 saturated heterocycles. The van der Waals surface area contributed by atoms with Crippen molar-refractivity contribution in [2.24, 2.45) is 7.05 Å². The van der Waals surface area contributed by atoms with Gasteiger partial charge >= 0.3 is 0 Å². The highest BCUT2D eigenvalue weighted by Gasteiger charge is 2.34. The van der Waals surface area contributed by atoms with Crippen LogP contribution in [0.2, 0.25) is 0 Å². The normalized spacial score (nSPS) is 20.2. The Bertz CT molecular complexity index is 1110. The fourth-order valence-electron chi connectivity index (χ4n) is 6.36. The van der Waals surface area contributed by atoms with Gasteiger partial charge < -0.3 is 0 Å². The molecular formula is C29H36N+. The molecule has 0 aliphatic heterocycles. The first kappa shape index (κ1) is 19.8. The number of aromatic nitrogens is 1. The van der Waals surface area contributed by atoms with Gasteiger partial charge in [0.1, 0.15) is 7.05 Å². The number of fused-ring (bicyclic) bond motifs is 3. The van der Waals surface area contributed by atoms with Gasteiger partial charge in [-0.25, -0.2) is 0 Å². The molecule has 0 spiro atoms. The van der Waals surface area contributed by atoms with Crippen LogP contribution in [0, 0.1) is 13.8 Å². The Morgan fingerprint density at radius 3 is 2.13 bits per heavy atom. The van der Waals surface area contributed by atoms with Crippen molar-refractivity contribution >= 4 is 10.8 Å². The van der Waals surface area contributed by atoms with Crippen LogP contribution in [0.1, 0.15) is 98.1 Å². The number of nitrogens with zero attached hydrogens (tertiary/aromatic N) is 1. The first-order valence-corrected chi connectivity index (χ1v) is 12.1. The fourth-order valence-corrected chi connectivity index (χ4v) is 6.36. The Morgan fingerprint density at radius 1 is 0.867 bits per heavy atom. The quantitative estimate of drug-likeness (QED) is 0.398. The van der Waals surface area contributed by atoms with E-state index in [1.165, 1.54) is 77.4 Å². The zero-order chi connectivity index (χ0) is 21.0. The van der Waals surface area contributed by atoms with E-state index in [1.807, 2.05) is 0 Å². The number of pyridine rings is 1. The SMILES string of the molecule is CCC(CC)c1ccc2c(-c3cc4c(cc3C)C3CCC4CC3)[n+](C)c(C)cc2c1. The third-order valence-electron chi connectivity index (χ3n) is 8.31. The van der Waals surface area contributed by atoms with Crippen LogP contribution in [0.4, 0.5) is 0 Å². The van der Waals surface area contributed by atoms with Gasteiger partial charge in [-0.05, 0) is 103 Å². The summed E-state index contributed by atoms with van der Waals surface area (Å²) in [6.45, 7) is 9.20. The monoisotopic (exact) mass is 398 g/mol. The largest absolute Gasteiger partial charge is 0.220 e. The minimum Gasteiger partial charge on any atom is -0.198 e. The summed E-state index contributed by atoms with van der Waals surface area (Å²) in [5.41, 5.74) is 10.4. The van der Waals surface area contributed by atoms with Gasteiger partial charge in [-0.2, -0.15) is 4.57 Å². The lowest BCUT2D eigenvalue weighted by Gasteiger charge is -2.38. The van der Waals surface area contributed by atoms with Crippen molar-refractivity contribution in [2.45, 2.75) is 84.0 Å². The van der Waals surface area contributed by atoms with Crippen LogP contribution in [0.25, 0.3) is 22.0 Å². The van der Waals surface area contributed by atoms with E-state index < -0.39 is 0 Å². The van der Waals surface area contributed by atoms with E-state index in [0.717, 1.165) is 11.8 Å². The van der Waals surface area contributed by atoms with Crippen LogP contribution >= 0.6 is 0 Å². The van der Waals surface area contributed by atoms with Crippen molar-refractivity contribution in [1.29, 1.82) is 0 Å². The van der Waals surface area contributed by atoms with E-state index in [0.29, 0.717) is 5.92 Å². The van der Waals surface area contributed by atoms with Crippen LogP contribution in [0.5, 0.6) is 0 Å². The summed E-state index contributed by atoms with van der Waals surface area (Å²) in [6.07, 6.45) is 7.99. The lowest BCUT2D eigenvalue weighted by molar-refractivity contribution is -0.665. The molecule has 0 unspecified atom stereocenters. The first-order valence-electron chi connectivity index (χ1n) is 12.1. The third-order valence-corrected chi connectivity index (χ3v) is 8.31. The second kappa shape index (κ2) is 7.52. The Morgan fingerprint density at radius 2 is 1.50 bits per heavy atom. The molecule has 1 heteroatoms. The molecule has 1 heterocycles. The van der Waals surface area contributed by atoms with Gasteiger partial charge in [-0.3, -0.25) is 0 Å². The molecule has 0 N–H and O–H groups in total. The molecule has 1 saturated carbocycles. The molecule has 156 valence electrons. The highest BCUT2D eigenvalue weighted by Crippen LogP contribution is 2.50. The predicted octanol–water partition coefficient (Wildman–Crippen LogP) is 7.61. The number of aryl methyl sites for hydroxylation is 2. The Balaban J connectivity index is 1.73. The molecule has 0 atom stereocenters. The second-order valence-corrected chi connectivity index (χ2v) is 9.90. The summed E-state index contributed by atoms with van der Waals surface area (Å²) in [6, 6.07) is 14.7. The maximum Gasteiger partial charge on any atom is 0.220 e. The summed E-state index contributed by atoms with van der Waals surface area (Å²) in [4.78, 5) is 0. The third kappa shape index (κ3) is 3.01. The van der Waals surface area contributed by atoms with Crippen molar-refractivity contribution in [2.75, 3.05) is 0 Å². The van der Waals surface area contributed by atoms with Crippen LogP contribution in [0.3, 0.4) is 0 Å². The van der Waals surface area contributed by atoms with Gasteiger partial charge in [-0.15, -0.1) is 0 Å². The molecule has 6 rings (SSSR count). The lowest BCUT2D eigenvalue weighted by Crippen LogP contribution is -2.35. The molecule has 2 aromatic carbocycles. The van der Waals surface area contributed by atoms with Gasteiger partial charge in [-0.1, -0.05) is 32.0 Å². The summed E-state index contributed by atoms with van der Waals surface area (Å²) in [5.74, 6) is 2.25. The second-order valence-electron chi connectivity index (χ2n) is 9.90. The number of benzene rings is 2. The van der Waals surface area contributed by atoms with E-state index in [9.17, 15) is 0 Å². The van der Waals surface area contributed by atoms with Crippen LogP contribution in [-0.2, 0) is 7.05 Å². The Kier molecular flexibility index (Phi) is 4.96. The molecule has 3 aliphatic carbocycles. The van der Waals surface area contributed by atoms with Crippen LogP contribution in [-0.4, -0.2) is 0 Å².